The first-order valence-corrected chi connectivity index (χ1v) is 7.23. The molecule has 1 heterocycles. The summed E-state index contributed by atoms with van der Waals surface area (Å²) in [5.74, 6) is -0.547. The number of hydrogen-bond donors (Lipinski definition) is 1. The predicted molar refractivity (Wildman–Crippen MR) is 79.2 cm³/mol. The minimum absolute atomic E-state index is 0.107. The smallest absolute Gasteiger partial charge is 0.309 e. The number of carboxylic acid groups (broad SMARTS) is 1. The first-order valence-electron chi connectivity index (χ1n) is 6.35. The van der Waals surface area contributed by atoms with Gasteiger partial charge in [-0.3, -0.25) is 9.59 Å². The first kappa shape index (κ1) is 15.2. The standard InChI is InChI=1S/C15H15NO4S/c1-9-3-4-10(2)13(5-9)20-7-12(17)15-16-11(8-21-15)6-14(18)19/h3-5,8H,6-7H2,1-2H3,(H,18,19). The van der Waals surface area contributed by atoms with Crippen molar-refractivity contribution in [3.63, 3.8) is 0 Å². The van der Waals surface area contributed by atoms with E-state index < -0.39 is 5.97 Å². The van der Waals surface area contributed by atoms with Crippen LogP contribution < -0.4 is 4.74 Å². The van der Waals surface area contributed by atoms with Gasteiger partial charge in [0.05, 0.1) is 12.1 Å². The second-order valence-electron chi connectivity index (χ2n) is 4.70. The van der Waals surface area contributed by atoms with Gasteiger partial charge in [-0.1, -0.05) is 12.1 Å². The molecule has 0 aliphatic rings. The number of aromatic nitrogens is 1. The number of Topliss-reactive ketones (excluding diaryl/α,β-unsaturated/α-hetero) is 1. The van der Waals surface area contributed by atoms with Crippen LogP contribution in [-0.4, -0.2) is 28.4 Å². The number of aryl methyl sites for hydroxylation is 2. The van der Waals surface area contributed by atoms with Gasteiger partial charge in [0, 0.05) is 5.38 Å². The molecule has 1 aromatic carbocycles. The summed E-state index contributed by atoms with van der Waals surface area (Å²) in [4.78, 5) is 26.6. The fourth-order valence-corrected chi connectivity index (χ4v) is 2.48. The molecule has 5 nitrogen and oxygen atoms in total. The minimum atomic E-state index is -0.967. The molecule has 0 aliphatic heterocycles. The summed E-state index contributed by atoms with van der Waals surface area (Å²) in [5.41, 5.74) is 2.41. The molecule has 0 unspecified atom stereocenters. The van der Waals surface area contributed by atoms with Crippen molar-refractivity contribution >= 4 is 23.1 Å². The van der Waals surface area contributed by atoms with Gasteiger partial charge in [-0.25, -0.2) is 4.98 Å². The number of ketones is 1. The average Bonchev–Trinajstić information content (AvgIpc) is 2.87. The molecule has 0 radical (unpaired) electrons. The summed E-state index contributed by atoms with van der Waals surface area (Å²) in [6, 6.07) is 5.78. The third-order valence-corrected chi connectivity index (χ3v) is 3.76. The normalized spacial score (nSPS) is 10.4. The highest BCUT2D eigenvalue weighted by Gasteiger charge is 2.14. The van der Waals surface area contributed by atoms with Gasteiger partial charge in [0.25, 0.3) is 0 Å². The maximum atomic E-state index is 12.0. The van der Waals surface area contributed by atoms with Crippen molar-refractivity contribution in [2.75, 3.05) is 6.61 Å². The molecule has 0 aliphatic carbocycles. The SMILES string of the molecule is Cc1ccc(C)c(OCC(=O)c2nc(CC(=O)O)cs2)c1. The maximum Gasteiger partial charge on any atom is 0.309 e. The van der Waals surface area contributed by atoms with E-state index in [2.05, 4.69) is 4.98 Å². The molecule has 0 atom stereocenters. The summed E-state index contributed by atoms with van der Waals surface area (Å²) in [7, 11) is 0. The predicted octanol–water partition coefficient (Wildman–Crippen LogP) is 2.65. The van der Waals surface area contributed by atoms with Crippen molar-refractivity contribution in [3.05, 3.63) is 45.4 Å². The average molecular weight is 305 g/mol. The summed E-state index contributed by atoms with van der Waals surface area (Å²) >= 11 is 1.14. The van der Waals surface area contributed by atoms with E-state index in [1.54, 1.807) is 5.38 Å². The van der Waals surface area contributed by atoms with Gasteiger partial charge in [-0.15, -0.1) is 11.3 Å². The largest absolute Gasteiger partial charge is 0.485 e. The lowest BCUT2D eigenvalue weighted by Gasteiger charge is -2.08. The van der Waals surface area contributed by atoms with Crippen LogP contribution in [0, 0.1) is 13.8 Å². The van der Waals surface area contributed by atoms with E-state index in [4.69, 9.17) is 9.84 Å². The van der Waals surface area contributed by atoms with Crippen molar-refractivity contribution in [1.82, 2.24) is 4.98 Å². The second kappa shape index (κ2) is 6.49. The van der Waals surface area contributed by atoms with E-state index in [1.807, 2.05) is 32.0 Å². The van der Waals surface area contributed by atoms with Crippen molar-refractivity contribution in [2.45, 2.75) is 20.3 Å². The van der Waals surface area contributed by atoms with Gasteiger partial charge in [-0.2, -0.15) is 0 Å². The quantitative estimate of drug-likeness (QED) is 0.830. The molecule has 2 aromatic rings. The van der Waals surface area contributed by atoms with Crippen molar-refractivity contribution in [2.24, 2.45) is 0 Å². The molecule has 0 saturated carbocycles. The molecule has 21 heavy (non-hydrogen) atoms. The minimum Gasteiger partial charge on any atom is -0.485 e. The number of ether oxygens (including phenoxy) is 1. The van der Waals surface area contributed by atoms with Crippen molar-refractivity contribution < 1.29 is 19.4 Å². The molecule has 1 aromatic heterocycles. The fraction of sp³-hybridized carbons (Fsp3) is 0.267. The van der Waals surface area contributed by atoms with Crippen LogP contribution in [0.1, 0.15) is 26.6 Å². The molecule has 0 saturated heterocycles. The Bertz CT molecular complexity index is 678. The topological polar surface area (TPSA) is 76.5 Å². The second-order valence-corrected chi connectivity index (χ2v) is 5.55. The summed E-state index contributed by atoms with van der Waals surface area (Å²) in [6.07, 6.45) is -0.179. The number of hydrogen-bond acceptors (Lipinski definition) is 5. The van der Waals surface area contributed by atoms with E-state index in [0.29, 0.717) is 11.4 Å². The molecule has 2 rings (SSSR count). The third kappa shape index (κ3) is 4.13. The molecule has 6 heteroatoms. The van der Waals surface area contributed by atoms with Gasteiger partial charge < -0.3 is 9.84 Å². The van der Waals surface area contributed by atoms with E-state index >= 15 is 0 Å². The molecule has 0 fully saturated rings. The van der Waals surface area contributed by atoms with Crippen LogP contribution in [0.4, 0.5) is 0 Å². The first-order chi connectivity index (χ1) is 9.95. The molecule has 0 amide bonds. The third-order valence-electron chi connectivity index (χ3n) is 2.83. The number of carbonyl (C=O) groups excluding carboxylic acids is 1. The van der Waals surface area contributed by atoms with Gasteiger partial charge in [0.1, 0.15) is 5.75 Å². The summed E-state index contributed by atoms with van der Waals surface area (Å²) < 4.78 is 5.52. The molecule has 110 valence electrons. The van der Waals surface area contributed by atoms with Crippen LogP contribution in [0.25, 0.3) is 0 Å². The maximum absolute atomic E-state index is 12.0. The number of thiazole rings is 1. The van der Waals surface area contributed by atoms with Gasteiger partial charge >= 0.3 is 5.97 Å². The molecular weight excluding hydrogens is 290 g/mol. The lowest BCUT2D eigenvalue weighted by Crippen LogP contribution is -2.12. The Labute approximate surface area is 126 Å². The Hall–Kier alpha value is -2.21. The van der Waals surface area contributed by atoms with Crippen LogP contribution in [0.3, 0.4) is 0 Å². The Morgan fingerprint density at radius 1 is 1.33 bits per heavy atom. The van der Waals surface area contributed by atoms with Gasteiger partial charge in [0.15, 0.2) is 11.6 Å². The number of nitrogens with zero attached hydrogens (tertiary/aromatic N) is 1. The number of carboxylic acids is 1. The van der Waals surface area contributed by atoms with Crippen LogP contribution in [0.2, 0.25) is 0 Å². The van der Waals surface area contributed by atoms with Crippen LogP contribution in [-0.2, 0) is 11.2 Å². The highest BCUT2D eigenvalue weighted by atomic mass is 32.1. The zero-order valence-corrected chi connectivity index (χ0v) is 12.6. The monoisotopic (exact) mass is 305 g/mol. The Balaban J connectivity index is 2.00. The Morgan fingerprint density at radius 3 is 2.81 bits per heavy atom. The fourth-order valence-electron chi connectivity index (χ4n) is 1.74. The Kier molecular flexibility index (Phi) is 4.70. The number of carbonyl (C=O) groups is 2. The van der Waals surface area contributed by atoms with Crippen molar-refractivity contribution in [3.8, 4) is 5.75 Å². The highest BCUT2D eigenvalue weighted by molar-refractivity contribution is 7.11. The van der Waals surface area contributed by atoms with Crippen LogP contribution in [0.15, 0.2) is 23.6 Å². The van der Waals surface area contributed by atoms with E-state index in [9.17, 15) is 9.59 Å². The lowest BCUT2D eigenvalue weighted by atomic mass is 10.1. The van der Waals surface area contributed by atoms with Crippen molar-refractivity contribution in [1.29, 1.82) is 0 Å². The number of benzene rings is 1. The van der Waals surface area contributed by atoms with Gasteiger partial charge in [-0.05, 0) is 31.0 Å². The number of aliphatic carboxylic acids is 1. The van der Waals surface area contributed by atoms with E-state index in [1.165, 1.54) is 0 Å². The Morgan fingerprint density at radius 2 is 2.10 bits per heavy atom. The summed E-state index contributed by atoms with van der Waals surface area (Å²) in [5, 5.41) is 10.5. The number of rotatable bonds is 6. The van der Waals surface area contributed by atoms with Crippen LogP contribution >= 0.6 is 11.3 Å². The summed E-state index contributed by atoms with van der Waals surface area (Å²) in [6.45, 7) is 3.76. The zero-order chi connectivity index (χ0) is 15.4. The van der Waals surface area contributed by atoms with E-state index in [-0.39, 0.29) is 23.8 Å². The van der Waals surface area contributed by atoms with E-state index in [0.717, 1.165) is 22.5 Å². The highest BCUT2D eigenvalue weighted by Crippen LogP contribution is 2.19. The molecule has 0 spiro atoms. The molecule has 0 bridgehead atoms. The van der Waals surface area contributed by atoms with Crippen LogP contribution in [0.5, 0.6) is 5.75 Å². The molecule has 1 N–H and O–H groups in total. The lowest BCUT2D eigenvalue weighted by molar-refractivity contribution is -0.136. The molecular formula is C15H15NO4S. The van der Waals surface area contributed by atoms with Gasteiger partial charge in [0.2, 0.25) is 5.78 Å². The zero-order valence-electron chi connectivity index (χ0n) is 11.8.